The van der Waals surface area contributed by atoms with E-state index in [0.717, 1.165) is 17.0 Å². The van der Waals surface area contributed by atoms with Crippen LogP contribution in [0.15, 0.2) is 24.4 Å². The van der Waals surface area contributed by atoms with Gasteiger partial charge >= 0.3 is 0 Å². The van der Waals surface area contributed by atoms with Crippen LogP contribution in [-0.4, -0.2) is 15.2 Å². The van der Waals surface area contributed by atoms with Crippen LogP contribution in [0.5, 0.6) is 0 Å². The summed E-state index contributed by atoms with van der Waals surface area (Å²) in [5.74, 6) is 0.253. The number of Topliss-reactive ketones (excluding diaryl/α,β-unsaturated/α-hetero) is 1. The number of pyridine rings is 1. The number of hydrogen-bond donors (Lipinski definition) is 0. The van der Waals surface area contributed by atoms with Crippen LogP contribution in [0.1, 0.15) is 24.7 Å². The fourth-order valence-corrected chi connectivity index (χ4v) is 1.69. The van der Waals surface area contributed by atoms with Gasteiger partial charge < -0.3 is 4.40 Å². The average molecular weight is 202 g/mol. The van der Waals surface area contributed by atoms with E-state index < -0.39 is 0 Å². The van der Waals surface area contributed by atoms with E-state index >= 15 is 0 Å². The Hall–Kier alpha value is -1.64. The van der Waals surface area contributed by atoms with Crippen molar-refractivity contribution in [2.24, 2.45) is 0 Å². The van der Waals surface area contributed by atoms with E-state index in [1.165, 1.54) is 0 Å². The molecular weight excluding hydrogens is 188 g/mol. The fraction of sp³-hybridized carbons (Fsp3) is 0.333. The maximum absolute atomic E-state index is 11.4. The second kappa shape index (κ2) is 3.85. The third-order valence-electron chi connectivity index (χ3n) is 2.59. The lowest BCUT2D eigenvalue weighted by Crippen LogP contribution is -2.04. The summed E-state index contributed by atoms with van der Waals surface area (Å²) >= 11 is 0. The quantitative estimate of drug-likeness (QED) is 0.764. The zero-order valence-electron chi connectivity index (χ0n) is 9.03. The highest BCUT2D eigenvalue weighted by Gasteiger charge is 2.10. The van der Waals surface area contributed by atoms with Crippen molar-refractivity contribution in [3.63, 3.8) is 0 Å². The van der Waals surface area contributed by atoms with Crippen molar-refractivity contribution < 1.29 is 4.79 Å². The molecule has 0 aliphatic heterocycles. The molecule has 3 heteroatoms. The van der Waals surface area contributed by atoms with E-state index in [1.54, 1.807) is 0 Å². The van der Waals surface area contributed by atoms with E-state index in [4.69, 9.17) is 0 Å². The Morgan fingerprint density at radius 2 is 2.27 bits per heavy atom. The van der Waals surface area contributed by atoms with Crippen LogP contribution >= 0.6 is 0 Å². The maximum Gasteiger partial charge on any atom is 0.138 e. The first-order valence-electron chi connectivity index (χ1n) is 5.16. The number of hydrogen-bond acceptors (Lipinski definition) is 2. The number of imidazole rings is 1. The summed E-state index contributed by atoms with van der Waals surface area (Å²) in [5, 5.41) is 0. The van der Waals surface area contributed by atoms with Crippen molar-refractivity contribution in [3.8, 4) is 0 Å². The first-order valence-corrected chi connectivity index (χ1v) is 5.16. The summed E-state index contributed by atoms with van der Waals surface area (Å²) in [7, 11) is 0. The van der Waals surface area contributed by atoms with Crippen LogP contribution in [0, 0.1) is 6.92 Å². The maximum atomic E-state index is 11.4. The Labute approximate surface area is 88.8 Å². The molecule has 0 unspecified atom stereocenters. The molecule has 15 heavy (non-hydrogen) atoms. The summed E-state index contributed by atoms with van der Waals surface area (Å²) in [6.07, 6.45) is 3.01. The number of nitrogens with zero attached hydrogens (tertiary/aromatic N) is 2. The lowest BCUT2D eigenvalue weighted by Gasteiger charge is -2.00. The highest BCUT2D eigenvalue weighted by molar-refractivity contribution is 5.80. The first kappa shape index (κ1) is 9.90. The number of aromatic nitrogens is 2. The van der Waals surface area contributed by atoms with Gasteiger partial charge in [0.15, 0.2) is 0 Å². The van der Waals surface area contributed by atoms with Crippen molar-refractivity contribution in [2.75, 3.05) is 0 Å². The summed E-state index contributed by atoms with van der Waals surface area (Å²) in [6, 6.07) is 5.86. The second-order valence-corrected chi connectivity index (χ2v) is 3.64. The minimum Gasteiger partial charge on any atom is -0.303 e. The van der Waals surface area contributed by atoms with E-state index in [-0.39, 0.29) is 5.78 Å². The van der Waals surface area contributed by atoms with Crippen LogP contribution in [0.2, 0.25) is 0 Å². The molecule has 0 aliphatic rings. The van der Waals surface area contributed by atoms with Gasteiger partial charge in [-0.3, -0.25) is 4.79 Å². The average Bonchev–Trinajstić information content (AvgIpc) is 2.55. The van der Waals surface area contributed by atoms with Crippen molar-refractivity contribution in [1.29, 1.82) is 0 Å². The van der Waals surface area contributed by atoms with Gasteiger partial charge in [0.05, 0.1) is 11.4 Å². The van der Waals surface area contributed by atoms with Crippen molar-refractivity contribution in [3.05, 3.63) is 35.8 Å². The molecule has 0 saturated carbocycles. The van der Waals surface area contributed by atoms with Gasteiger partial charge in [-0.2, -0.15) is 0 Å². The third kappa shape index (κ3) is 1.77. The van der Waals surface area contributed by atoms with Crippen LogP contribution in [0.25, 0.3) is 5.65 Å². The molecule has 2 aromatic rings. The molecule has 0 radical (unpaired) electrons. The fourth-order valence-electron chi connectivity index (χ4n) is 1.69. The minimum absolute atomic E-state index is 0.253. The van der Waals surface area contributed by atoms with E-state index in [9.17, 15) is 4.79 Å². The van der Waals surface area contributed by atoms with Crippen LogP contribution in [0.3, 0.4) is 0 Å². The molecule has 0 N–H and O–H groups in total. The molecular formula is C12H14N2O. The highest BCUT2D eigenvalue weighted by atomic mass is 16.1. The molecule has 0 spiro atoms. The van der Waals surface area contributed by atoms with Gasteiger partial charge in [0.1, 0.15) is 11.4 Å². The molecule has 2 rings (SSSR count). The van der Waals surface area contributed by atoms with Gasteiger partial charge in [0, 0.05) is 19.0 Å². The lowest BCUT2D eigenvalue weighted by molar-refractivity contribution is -0.118. The zero-order valence-corrected chi connectivity index (χ0v) is 9.03. The molecule has 0 atom stereocenters. The molecule has 78 valence electrons. The molecule has 0 aromatic carbocycles. The molecule has 3 nitrogen and oxygen atoms in total. The largest absolute Gasteiger partial charge is 0.303 e. The van der Waals surface area contributed by atoms with Gasteiger partial charge in [0.25, 0.3) is 0 Å². The Kier molecular flexibility index (Phi) is 2.54. The van der Waals surface area contributed by atoms with Gasteiger partial charge in [-0.25, -0.2) is 4.98 Å². The van der Waals surface area contributed by atoms with Crippen molar-refractivity contribution in [1.82, 2.24) is 9.38 Å². The van der Waals surface area contributed by atoms with Crippen LogP contribution < -0.4 is 0 Å². The summed E-state index contributed by atoms with van der Waals surface area (Å²) in [5.41, 5.74) is 2.87. The number of carbonyl (C=O) groups excluding carboxylic acids is 1. The molecule has 0 saturated heterocycles. The Morgan fingerprint density at radius 1 is 1.47 bits per heavy atom. The standard InChI is InChI=1S/C12H14N2O/c1-3-10(15)8-11-9(2)13-12-6-4-5-7-14(11)12/h4-7H,3,8H2,1-2H3. The van der Waals surface area contributed by atoms with E-state index in [0.29, 0.717) is 12.8 Å². The topological polar surface area (TPSA) is 34.4 Å². The highest BCUT2D eigenvalue weighted by Crippen LogP contribution is 2.12. The minimum atomic E-state index is 0.253. The number of fused-ring (bicyclic) bond motifs is 1. The summed E-state index contributed by atoms with van der Waals surface area (Å²) in [4.78, 5) is 15.8. The number of ketones is 1. The van der Waals surface area contributed by atoms with Gasteiger partial charge in [-0.05, 0) is 19.1 Å². The first-order chi connectivity index (χ1) is 7.22. The smallest absolute Gasteiger partial charge is 0.138 e. The predicted molar refractivity (Wildman–Crippen MR) is 58.9 cm³/mol. The zero-order chi connectivity index (χ0) is 10.8. The lowest BCUT2D eigenvalue weighted by atomic mass is 10.1. The normalized spacial score (nSPS) is 10.8. The van der Waals surface area contributed by atoms with Crippen molar-refractivity contribution >= 4 is 11.4 Å². The SMILES string of the molecule is CCC(=O)Cc1c(C)nc2ccccn12. The van der Waals surface area contributed by atoms with Gasteiger partial charge in [-0.15, -0.1) is 0 Å². The predicted octanol–water partition coefficient (Wildman–Crippen LogP) is 2.16. The van der Waals surface area contributed by atoms with E-state index in [1.807, 2.05) is 42.6 Å². The van der Waals surface area contributed by atoms with Crippen LogP contribution in [-0.2, 0) is 11.2 Å². The molecule has 2 aromatic heterocycles. The molecule has 0 amide bonds. The number of carbonyl (C=O) groups is 1. The molecule has 0 bridgehead atoms. The number of rotatable bonds is 3. The van der Waals surface area contributed by atoms with Crippen molar-refractivity contribution in [2.45, 2.75) is 26.7 Å². The van der Waals surface area contributed by atoms with Gasteiger partial charge in [0.2, 0.25) is 0 Å². The molecule has 0 fully saturated rings. The van der Waals surface area contributed by atoms with Crippen LogP contribution in [0.4, 0.5) is 0 Å². The Morgan fingerprint density at radius 3 is 3.00 bits per heavy atom. The summed E-state index contributed by atoms with van der Waals surface area (Å²) < 4.78 is 1.99. The number of aryl methyl sites for hydroxylation is 1. The molecule has 2 heterocycles. The second-order valence-electron chi connectivity index (χ2n) is 3.64. The molecule has 0 aliphatic carbocycles. The van der Waals surface area contributed by atoms with E-state index in [2.05, 4.69) is 4.98 Å². The summed E-state index contributed by atoms with van der Waals surface area (Å²) in [6.45, 7) is 3.84. The third-order valence-corrected chi connectivity index (χ3v) is 2.59. The monoisotopic (exact) mass is 202 g/mol. The van der Waals surface area contributed by atoms with Gasteiger partial charge in [-0.1, -0.05) is 13.0 Å². The Balaban J connectivity index is 2.49. The Bertz CT molecular complexity index is 499.